The second-order valence-electron chi connectivity index (χ2n) is 7.95. The Morgan fingerprint density at radius 1 is 1.19 bits per heavy atom. The number of benzene rings is 2. The third kappa shape index (κ3) is 4.62. The number of rotatable bonds is 8. The number of halogens is 1. The Balaban J connectivity index is 1.33. The summed E-state index contributed by atoms with van der Waals surface area (Å²) in [5.41, 5.74) is 3.50. The number of nitrogens with one attached hydrogen (secondary N) is 2. The third-order valence-corrected chi connectivity index (χ3v) is 6.34. The molecule has 0 unspecified atom stereocenters. The number of piperidine rings is 1. The summed E-state index contributed by atoms with van der Waals surface area (Å²) in [6.45, 7) is 3.49. The molecular weight excluding hydrogens is 414 g/mol. The third-order valence-electron chi connectivity index (χ3n) is 6.11. The van der Waals surface area contributed by atoms with E-state index in [9.17, 15) is 9.59 Å². The van der Waals surface area contributed by atoms with Crippen LogP contribution in [0, 0.1) is 0 Å². The number of hydrogen-bond acceptors (Lipinski definition) is 4. The van der Waals surface area contributed by atoms with Crippen LogP contribution in [0.4, 0.5) is 11.4 Å². The maximum atomic E-state index is 12.2. The summed E-state index contributed by atoms with van der Waals surface area (Å²) in [4.78, 5) is 31.3. The first-order valence-corrected chi connectivity index (χ1v) is 11.1. The Hall–Kier alpha value is -2.77. The van der Waals surface area contributed by atoms with Gasteiger partial charge in [0.25, 0.3) is 0 Å². The van der Waals surface area contributed by atoms with Crippen molar-refractivity contribution in [1.29, 1.82) is 0 Å². The van der Waals surface area contributed by atoms with Crippen molar-refractivity contribution in [2.45, 2.75) is 31.8 Å². The molecule has 31 heavy (non-hydrogen) atoms. The molecular formula is C23H28ClN5O2. The Labute approximate surface area is 186 Å². The molecule has 0 aliphatic carbocycles. The molecule has 1 aliphatic heterocycles. The molecule has 2 heterocycles. The molecule has 164 valence electrons. The van der Waals surface area contributed by atoms with Crippen molar-refractivity contribution >= 4 is 40.4 Å². The maximum Gasteiger partial charge on any atom is 0.326 e. The molecule has 2 aromatic carbocycles. The summed E-state index contributed by atoms with van der Waals surface area (Å²) < 4.78 is 1.82. The van der Waals surface area contributed by atoms with Gasteiger partial charge in [-0.15, -0.1) is 0 Å². The Kier molecular flexibility index (Phi) is 6.63. The van der Waals surface area contributed by atoms with Crippen LogP contribution in [-0.2, 0) is 11.3 Å². The standard InChI is InChI=1S/C23H28ClN5O2/c1-25-20-15-17(24)7-8-22(20)29(16-30)18-9-13-27(14-10-18)11-4-12-28-21-6-3-2-5-19(21)26-23(28)31/h2-3,5-8,15-16,18,25H,4,9-14H2,1H3,(H,26,31). The lowest BCUT2D eigenvalue weighted by molar-refractivity contribution is -0.108. The second kappa shape index (κ2) is 9.58. The minimum Gasteiger partial charge on any atom is -0.386 e. The number of H-pyrrole nitrogens is 1. The minimum atomic E-state index is -0.0511. The van der Waals surface area contributed by atoms with Gasteiger partial charge in [-0.1, -0.05) is 23.7 Å². The average Bonchev–Trinajstić information content (AvgIpc) is 3.11. The van der Waals surface area contributed by atoms with Crippen LogP contribution < -0.4 is 15.9 Å². The molecule has 1 aliphatic rings. The summed E-state index contributed by atoms with van der Waals surface area (Å²) in [5.74, 6) is 0. The molecule has 8 heteroatoms. The number of para-hydroxylation sites is 2. The Bertz CT molecular complexity index is 1100. The minimum absolute atomic E-state index is 0.0511. The molecule has 1 amide bonds. The number of aromatic nitrogens is 2. The number of carbonyl (C=O) groups is 1. The highest BCUT2D eigenvalue weighted by Crippen LogP contribution is 2.31. The summed E-state index contributed by atoms with van der Waals surface area (Å²) in [6, 6.07) is 13.5. The normalized spacial score (nSPS) is 15.3. The van der Waals surface area contributed by atoms with E-state index in [2.05, 4.69) is 15.2 Å². The van der Waals surface area contributed by atoms with E-state index in [1.807, 2.05) is 59.0 Å². The van der Waals surface area contributed by atoms with E-state index in [-0.39, 0.29) is 11.7 Å². The topological polar surface area (TPSA) is 73.4 Å². The van der Waals surface area contributed by atoms with Crippen molar-refractivity contribution in [2.75, 3.05) is 36.9 Å². The van der Waals surface area contributed by atoms with Gasteiger partial charge in [-0.3, -0.25) is 9.36 Å². The van der Waals surface area contributed by atoms with Gasteiger partial charge in [0.15, 0.2) is 0 Å². The van der Waals surface area contributed by atoms with Crippen LogP contribution >= 0.6 is 11.6 Å². The first-order valence-electron chi connectivity index (χ1n) is 10.7. The smallest absolute Gasteiger partial charge is 0.326 e. The second-order valence-corrected chi connectivity index (χ2v) is 8.39. The van der Waals surface area contributed by atoms with Gasteiger partial charge in [0, 0.05) is 37.7 Å². The van der Waals surface area contributed by atoms with Crippen LogP contribution in [0.2, 0.25) is 5.02 Å². The number of aryl methyl sites for hydroxylation is 1. The first kappa shape index (κ1) is 21.5. The highest BCUT2D eigenvalue weighted by atomic mass is 35.5. The predicted octanol–water partition coefficient (Wildman–Crippen LogP) is 3.54. The average molecular weight is 442 g/mol. The lowest BCUT2D eigenvalue weighted by Gasteiger charge is -2.37. The largest absolute Gasteiger partial charge is 0.386 e. The van der Waals surface area contributed by atoms with E-state index >= 15 is 0 Å². The number of amides is 1. The summed E-state index contributed by atoms with van der Waals surface area (Å²) in [6.07, 6.45) is 3.66. The molecule has 1 saturated heterocycles. The van der Waals surface area contributed by atoms with E-state index < -0.39 is 0 Å². The van der Waals surface area contributed by atoms with Gasteiger partial charge in [-0.25, -0.2) is 4.79 Å². The summed E-state index contributed by atoms with van der Waals surface area (Å²) in [7, 11) is 1.83. The van der Waals surface area contributed by atoms with Crippen LogP contribution in [-0.4, -0.2) is 53.6 Å². The highest BCUT2D eigenvalue weighted by Gasteiger charge is 2.26. The van der Waals surface area contributed by atoms with Crippen LogP contribution in [0.1, 0.15) is 19.3 Å². The van der Waals surface area contributed by atoms with Crippen LogP contribution in [0.25, 0.3) is 11.0 Å². The molecule has 1 fully saturated rings. The summed E-state index contributed by atoms with van der Waals surface area (Å²) in [5, 5.41) is 3.77. The Morgan fingerprint density at radius 2 is 1.97 bits per heavy atom. The number of aromatic amines is 1. The first-order chi connectivity index (χ1) is 15.1. The molecule has 7 nitrogen and oxygen atoms in total. The Morgan fingerprint density at radius 3 is 2.71 bits per heavy atom. The van der Waals surface area contributed by atoms with Gasteiger partial charge in [0.05, 0.1) is 22.4 Å². The SMILES string of the molecule is CNc1cc(Cl)ccc1N(C=O)C1CCN(CCCn2c(=O)[nH]c3ccccc32)CC1. The number of anilines is 2. The fraction of sp³-hybridized carbons (Fsp3) is 0.391. The lowest BCUT2D eigenvalue weighted by atomic mass is 10.0. The van der Waals surface area contributed by atoms with E-state index in [0.29, 0.717) is 11.6 Å². The molecule has 0 saturated carbocycles. The number of hydrogen-bond donors (Lipinski definition) is 2. The van der Waals surface area contributed by atoms with Crippen molar-refractivity contribution < 1.29 is 4.79 Å². The number of fused-ring (bicyclic) bond motifs is 1. The number of nitrogens with zero attached hydrogens (tertiary/aromatic N) is 3. The number of imidazole rings is 1. The zero-order chi connectivity index (χ0) is 21.8. The van der Waals surface area contributed by atoms with Gasteiger partial charge in [-0.2, -0.15) is 0 Å². The van der Waals surface area contributed by atoms with Gasteiger partial charge in [0.2, 0.25) is 6.41 Å². The fourth-order valence-corrected chi connectivity index (χ4v) is 4.65. The van der Waals surface area contributed by atoms with Gasteiger partial charge in [-0.05, 0) is 56.1 Å². The van der Waals surface area contributed by atoms with Gasteiger partial charge in [0.1, 0.15) is 0 Å². The van der Waals surface area contributed by atoms with Gasteiger partial charge >= 0.3 is 5.69 Å². The van der Waals surface area contributed by atoms with Crippen molar-refractivity contribution in [3.63, 3.8) is 0 Å². The quantitative estimate of drug-likeness (QED) is 0.524. The summed E-state index contributed by atoms with van der Waals surface area (Å²) >= 11 is 6.10. The monoisotopic (exact) mass is 441 g/mol. The predicted molar refractivity (Wildman–Crippen MR) is 126 cm³/mol. The molecule has 1 aromatic heterocycles. The number of carbonyl (C=O) groups excluding carboxylic acids is 1. The van der Waals surface area contributed by atoms with Crippen molar-refractivity contribution in [3.05, 3.63) is 58.0 Å². The van der Waals surface area contributed by atoms with Crippen LogP contribution in [0.3, 0.4) is 0 Å². The molecule has 4 rings (SSSR count). The highest BCUT2D eigenvalue weighted by molar-refractivity contribution is 6.31. The van der Waals surface area contributed by atoms with Gasteiger partial charge < -0.3 is 20.1 Å². The van der Waals surface area contributed by atoms with Crippen LogP contribution in [0.15, 0.2) is 47.3 Å². The van der Waals surface area contributed by atoms with E-state index in [1.54, 1.807) is 0 Å². The number of likely N-dealkylation sites (tertiary alicyclic amines) is 1. The van der Waals surface area contributed by atoms with Crippen molar-refractivity contribution in [3.8, 4) is 0 Å². The molecule has 0 radical (unpaired) electrons. The molecule has 0 bridgehead atoms. The zero-order valence-corrected chi connectivity index (χ0v) is 18.4. The molecule has 3 aromatic rings. The van der Waals surface area contributed by atoms with Crippen molar-refractivity contribution in [1.82, 2.24) is 14.5 Å². The van der Waals surface area contributed by atoms with E-state index in [0.717, 1.165) is 67.7 Å². The van der Waals surface area contributed by atoms with Crippen LogP contribution in [0.5, 0.6) is 0 Å². The fourth-order valence-electron chi connectivity index (χ4n) is 4.48. The van der Waals surface area contributed by atoms with Crippen molar-refractivity contribution in [2.24, 2.45) is 0 Å². The zero-order valence-electron chi connectivity index (χ0n) is 17.7. The maximum absolute atomic E-state index is 12.2. The molecule has 0 spiro atoms. The lowest BCUT2D eigenvalue weighted by Crippen LogP contribution is -2.45. The van der Waals surface area contributed by atoms with E-state index in [4.69, 9.17) is 11.6 Å². The van der Waals surface area contributed by atoms with E-state index in [1.165, 1.54) is 0 Å². The molecule has 2 N–H and O–H groups in total. The molecule has 0 atom stereocenters.